The monoisotopic (exact) mass is 532 g/mol. The maximum atomic E-state index is 6.29. The second kappa shape index (κ2) is 11.3. The van der Waals surface area contributed by atoms with Crippen molar-refractivity contribution in [3.8, 4) is 46.0 Å². The van der Waals surface area contributed by atoms with Crippen molar-refractivity contribution < 1.29 is 18.9 Å². The number of para-hydroxylation sites is 4. The number of nitrogen functional groups attached to an aromatic ring is 2. The molecule has 0 saturated carbocycles. The molecule has 6 nitrogen and oxygen atoms in total. The first-order valence-electron chi connectivity index (χ1n) is 13.0. The molecule has 6 heteroatoms. The molecule has 0 aliphatic heterocycles. The average molecular weight is 533 g/mol. The van der Waals surface area contributed by atoms with Gasteiger partial charge in [0.05, 0.1) is 11.4 Å². The standard InChI is InChI=1S/C34H32N2O4/c1-34(2,3)23-18-28(37-24-10-8-12-26(20-24)39-32-16-6-4-14-30(32)35)22-29(19-23)38-25-11-9-13-27(21-25)40-33-17-7-5-15-31(33)36/h4-22H,35-36H2,1-3H3. The van der Waals surface area contributed by atoms with Gasteiger partial charge in [0.15, 0.2) is 0 Å². The lowest BCUT2D eigenvalue weighted by Gasteiger charge is -2.21. The molecule has 0 heterocycles. The van der Waals surface area contributed by atoms with Gasteiger partial charge in [-0.25, -0.2) is 0 Å². The molecule has 0 aromatic heterocycles. The van der Waals surface area contributed by atoms with E-state index in [4.69, 9.17) is 30.4 Å². The maximum Gasteiger partial charge on any atom is 0.150 e. The van der Waals surface area contributed by atoms with Crippen LogP contribution in [0.5, 0.6) is 46.0 Å². The van der Waals surface area contributed by atoms with Gasteiger partial charge in [-0.3, -0.25) is 0 Å². The van der Waals surface area contributed by atoms with Gasteiger partial charge in [0.25, 0.3) is 0 Å². The first kappa shape index (κ1) is 26.5. The minimum Gasteiger partial charge on any atom is -0.457 e. The molecular weight excluding hydrogens is 500 g/mol. The van der Waals surface area contributed by atoms with Gasteiger partial charge < -0.3 is 30.4 Å². The van der Waals surface area contributed by atoms with E-state index in [1.54, 1.807) is 12.1 Å². The Morgan fingerprint density at radius 1 is 0.425 bits per heavy atom. The molecule has 5 aromatic rings. The Morgan fingerprint density at radius 2 is 0.800 bits per heavy atom. The van der Waals surface area contributed by atoms with Crippen LogP contribution < -0.4 is 30.4 Å². The number of benzene rings is 5. The van der Waals surface area contributed by atoms with Crippen molar-refractivity contribution in [3.05, 3.63) is 121 Å². The molecule has 0 aliphatic carbocycles. The normalized spacial score (nSPS) is 11.1. The predicted octanol–water partition coefficient (Wildman–Crippen LogP) is 9.32. The van der Waals surface area contributed by atoms with Crippen LogP contribution in [0.1, 0.15) is 26.3 Å². The fourth-order valence-electron chi connectivity index (χ4n) is 4.00. The molecule has 0 unspecified atom stereocenters. The Hall–Kier alpha value is -5.10. The highest BCUT2D eigenvalue weighted by atomic mass is 16.5. The molecule has 0 spiro atoms. The Kier molecular flexibility index (Phi) is 7.51. The van der Waals surface area contributed by atoms with Crippen LogP contribution in [0.3, 0.4) is 0 Å². The van der Waals surface area contributed by atoms with Gasteiger partial charge >= 0.3 is 0 Å². The summed E-state index contributed by atoms with van der Waals surface area (Å²) in [5.41, 5.74) is 14.1. The summed E-state index contributed by atoms with van der Waals surface area (Å²) >= 11 is 0. The SMILES string of the molecule is CC(C)(C)c1cc(Oc2cccc(Oc3ccccc3N)c2)cc(Oc2cccc(Oc3ccccc3N)c2)c1. The summed E-state index contributed by atoms with van der Waals surface area (Å²) < 4.78 is 24.5. The number of rotatable bonds is 8. The number of anilines is 2. The Labute approximate surface area is 234 Å². The molecule has 0 aliphatic rings. The second-order valence-electron chi connectivity index (χ2n) is 10.4. The van der Waals surface area contributed by atoms with E-state index in [1.165, 1.54) is 0 Å². The van der Waals surface area contributed by atoms with E-state index in [1.807, 2.05) is 103 Å². The van der Waals surface area contributed by atoms with Crippen molar-refractivity contribution in [2.24, 2.45) is 0 Å². The average Bonchev–Trinajstić information content (AvgIpc) is 2.91. The largest absolute Gasteiger partial charge is 0.457 e. The molecule has 5 aromatic carbocycles. The lowest BCUT2D eigenvalue weighted by Crippen LogP contribution is -2.11. The molecule has 0 fully saturated rings. The Bertz CT molecular complexity index is 1510. The van der Waals surface area contributed by atoms with E-state index in [2.05, 4.69) is 20.8 Å². The van der Waals surface area contributed by atoms with Crippen molar-refractivity contribution in [1.82, 2.24) is 0 Å². The third-order valence-corrected chi connectivity index (χ3v) is 6.12. The molecule has 5 rings (SSSR count). The lowest BCUT2D eigenvalue weighted by atomic mass is 9.87. The van der Waals surface area contributed by atoms with Crippen molar-refractivity contribution >= 4 is 11.4 Å². The first-order chi connectivity index (χ1) is 19.2. The van der Waals surface area contributed by atoms with E-state index >= 15 is 0 Å². The van der Waals surface area contributed by atoms with Gasteiger partial charge in [-0.2, -0.15) is 0 Å². The zero-order chi connectivity index (χ0) is 28.1. The molecule has 0 radical (unpaired) electrons. The van der Waals surface area contributed by atoms with E-state index in [9.17, 15) is 0 Å². The zero-order valence-electron chi connectivity index (χ0n) is 22.8. The van der Waals surface area contributed by atoms with Crippen LogP contribution in [0.2, 0.25) is 0 Å². The Balaban J connectivity index is 1.38. The molecule has 0 atom stereocenters. The van der Waals surface area contributed by atoms with Crippen molar-refractivity contribution in [2.45, 2.75) is 26.2 Å². The minimum absolute atomic E-state index is 0.136. The Morgan fingerprint density at radius 3 is 1.20 bits per heavy atom. The summed E-state index contributed by atoms with van der Waals surface area (Å²) in [6, 6.07) is 35.5. The van der Waals surface area contributed by atoms with Gasteiger partial charge in [0, 0.05) is 18.2 Å². The van der Waals surface area contributed by atoms with E-state index in [0.717, 1.165) is 5.56 Å². The van der Waals surface area contributed by atoms with Crippen LogP contribution in [0.4, 0.5) is 11.4 Å². The predicted molar refractivity (Wildman–Crippen MR) is 160 cm³/mol. The highest BCUT2D eigenvalue weighted by molar-refractivity contribution is 5.55. The summed E-state index contributed by atoms with van der Waals surface area (Å²) in [5.74, 6) is 4.95. The van der Waals surface area contributed by atoms with Gasteiger partial charge in [-0.05, 0) is 71.6 Å². The van der Waals surface area contributed by atoms with E-state index < -0.39 is 0 Å². The van der Waals surface area contributed by atoms with Gasteiger partial charge in [-0.1, -0.05) is 57.2 Å². The fourth-order valence-corrected chi connectivity index (χ4v) is 4.00. The van der Waals surface area contributed by atoms with Crippen LogP contribution in [-0.4, -0.2) is 0 Å². The van der Waals surface area contributed by atoms with Gasteiger partial charge in [0.1, 0.15) is 46.0 Å². The van der Waals surface area contributed by atoms with Crippen LogP contribution in [0.15, 0.2) is 115 Å². The zero-order valence-corrected chi connectivity index (χ0v) is 22.8. The van der Waals surface area contributed by atoms with Gasteiger partial charge in [0.2, 0.25) is 0 Å². The summed E-state index contributed by atoms with van der Waals surface area (Å²) in [6.07, 6.45) is 0. The first-order valence-corrected chi connectivity index (χ1v) is 13.0. The number of hydrogen-bond donors (Lipinski definition) is 2. The second-order valence-corrected chi connectivity index (χ2v) is 10.4. The summed E-state index contributed by atoms with van der Waals surface area (Å²) in [5, 5.41) is 0. The van der Waals surface area contributed by atoms with Crippen LogP contribution in [0.25, 0.3) is 0 Å². The third-order valence-electron chi connectivity index (χ3n) is 6.12. The number of hydrogen-bond acceptors (Lipinski definition) is 6. The quantitative estimate of drug-likeness (QED) is 0.194. The molecule has 0 bridgehead atoms. The van der Waals surface area contributed by atoms with Crippen LogP contribution in [-0.2, 0) is 5.41 Å². The molecule has 202 valence electrons. The van der Waals surface area contributed by atoms with E-state index in [0.29, 0.717) is 57.4 Å². The lowest BCUT2D eigenvalue weighted by molar-refractivity contribution is 0.444. The van der Waals surface area contributed by atoms with Gasteiger partial charge in [-0.15, -0.1) is 0 Å². The maximum absolute atomic E-state index is 6.29. The van der Waals surface area contributed by atoms with E-state index in [-0.39, 0.29) is 5.41 Å². The molecule has 4 N–H and O–H groups in total. The number of nitrogens with two attached hydrogens (primary N) is 2. The minimum atomic E-state index is -0.136. The third kappa shape index (κ3) is 6.66. The highest BCUT2D eigenvalue weighted by Crippen LogP contribution is 2.37. The number of ether oxygens (including phenoxy) is 4. The molecule has 0 saturated heterocycles. The van der Waals surface area contributed by atoms with Crippen molar-refractivity contribution in [1.29, 1.82) is 0 Å². The van der Waals surface area contributed by atoms with Crippen LogP contribution >= 0.6 is 0 Å². The molecule has 40 heavy (non-hydrogen) atoms. The van der Waals surface area contributed by atoms with Crippen molar-refractivity contribution in [2.75, 3.05) is 11.5 Å². The fraction of sp³-hybridized carbons (Fsp3) is 0.118. The smallest absolute Gasteiger partial charge is 0.150 e. The summed E-state index contributed by atoms with van der Waals surface area (Å²) in [4.78, 5) is 0. The van der Waals surface area contributed by atoms with Crippen molar-refractivity contribution in [3.63, 3.8) is 0 Å². The molecular formula is C34H32N2O4. The topological polar surface area (TPSA) is 89.0 Å². The molecule has 0 amide bonds. The summed E-state index contributed by atoms with van der Waals surface area (Å²) in [7, 11) is 0. The highest BCUT2D eigenvalue weighted by Gasteiger charge is 2.17. The van der Waals surface area contributed by atoms with Crippen LogP contribution in [0, 0.1) is 0 Å². The summed E-state index contributed by atoms with van der Waals surface area (Å²) in [6.45, 7) is 6.44.